The molecule has 1 unspecified atom stereocenters. The number of carbonyl (C=O) groups excluding carboxylic acids is 1. The lowest BCUT2D eigenvalue weighted by Crippen LogP contribution is -2.40. The second-order valence-electron chi connectivity index (χ2n) is 2.24. The number of rotatable bonds is 5. The summed E-state index contributed by atoms with van der Waals surface area (Å²) in [7, 11) is 3.35. The van der Waals surface area contributed by atoms with Gasteiger partial charge < -0.3 is 16.0 Å². The van der Waals surface area contributed by atoms with Crippen LogP contribution < -0.4 is 10.6 Å². The van der Waals surface area contributed by atoms with Crippen molar-refractivity contribution in [2.75, 3.05) is 14.1 Å². The van der Waals surface area contributed by atoms with Gasteiger partial charge in [-0.1, -0.05) is 13.8 Å². The SMILES string of the molecule is CC.CNC(=O)C(CCC=N)NC.[HH].[HH]. The highest BCUT2D eigenvalue weighted by atomic mass is 16.2. The summed E-state index contributed by atoms with van der Waals surface area (Å²) in [5, 5.41) is 12.2. The molecule has 0 fully saturated rings. The Hall–Kier alpha value is -0.900. The van der Waals surface area contributed by atoms with Gasteiger partial charge in [0.05, 0.1) is 6.04 Å². The van der Waals surface area contributed by atoms with E-state index in [1.54, 1.807) is 14.1 Å². The van der Waals surface area contributed by atoms with Crippen molar-refractivity contribution in [3.63, 3.8) is 0 Å². The Balaban J connectivity index is -0.000000142. The van der Waals surface area contributed by atoms with Gasteiger partial charge in [0, 0.05) is 9.90 Å². The maximum atomic E-state index is 11.0. The minimum absolute atomic E-state index is 0. The molecule has 0 spiro atoms. The third-order valence-electron chi connectivity index (χ3n) is 1.51. The van der Waals surface area contributed by atoms with Crippen LogP contribution in [0.15, 0.2) is 0 Å². The molecule has 0 saturated carbocycles. The monoisotopic (exact) mass is 191 g/mol. The minimum Gasteiger partial charge on any atom is -0.358 e. The Labute approximate surface area is 83.6 Å². The summed E-state index contributed by atoms with van der Waals surface area (Å²) < 4.78 is 0. The van der Waals surface area contributed by atoms with Gasteiger partial charge in [-0.3, -0.25) is 4.79 Å². The van der Waals surface area contributed by atoms with Crippen LogP contribution in [0, 0.1) is 5.41 Å². The number of hydrogen-bond donors (Lipinski definition) is 3. The third-order valence-corrected chi connectivity index (χ3v) is 1.51. The van der Waals surface area contributed by atoms with Gasteiger partial charge in [-0.05, 0) is 26.1 Å². The molecule has 0 radical (unpaired) electrons. The quantitative estimate of drug-likeness (QED) is 0.573. The molecule has 4 nitrogen and oxygen atoms in total. The van der Waals surface area contributed by atoms with E-state index in [9.17, 15) is 4.79 Å². The van der Waals surface area contributed by atoms with Crippen LogP contribution in [0.2, 0.25) is 0 Å². The Bertz CT molecular complexity index is 145. The lowest BCUT2D eigenvalue weighted by molar-refractivity contribution is -0.122. The van der Waals surface area contributed by atoms with Crippen LogP contribution in [0.25, 0.3) is 0 Å². The van der Waals surface area contributed by atoms with Crippen LogP contribution in [0.5, 0.6) is 0 Å². The molecule has 0 aromatic carbocycles. The maximum Gasteiger partial charge on any atom is 0.236 e. The van der Waals surface area contributed by atoms with Crippen LogP contribution >= 0.6 is 0 Å². The fourth-order valence-electron chi connectivity index (χ4n) is 0.831. The second kappa shape index (κ2) is 11.1. The van der Waals surface area contributed by atoms with E-state index in [0.29, 0.717) is 12.8 Å². The van der Waals surface area contributed by atoms with Gasteiger partial charge in [0.1, 0.15) is 0 Å². The second-order valence-corrected chi connectivity index (χ2v) is 2.24. The van der Waals surface area contributed by atoms with Gasteiger partial charge in [0.2, 0.25) is 5.91 Å². The van der Waals surface area contributed by atoms with E-state index in [1.165, 1.54) is 6.21 Å². The van der Waals surface area contributed by atoms with Crippen molar-refractivity contribution in [3.05, 3.63) is 0 Å². The summed E-state index contributed by atoms with van der Waals surface area (Å²) in [4.78, 5) is 11.0. The van der Waals surface area contributed by atoms with Crippen LogP contribution in [0.4, 0.5) is 0 Å². The lowest BCUT2D eigenvalue weighted by atomic mass is 10.1. The zero-order valence-electron chi connectivity index (χ0n) is 8.98. The van der Waals surface area contributed by atoms with Crippen LogP contribution in [-0.2, 0) is 4.79 Å². The summed E-state index contributed by atoms with van der Waals surface area (Å²) in [5.74, 6) is -0.0191. The first-order valence-corrected chi connectivity index (χ1v) is 4.64. The zero-order chi connectivity index (χ0) is 10.7. The Kier molecular flexibility index (Phi) is 12.5. The molecule has 13 heavy (non-hydrogen) atoms. The molecule has 0 aliphatic rings. The predicted octanol–water partition coefficient (Wildman–Crippen LogP) is 1.27. The molecule has 0 heterocycles. The summed E-state index contributed by atoms with van der Waals surface area (Å²) >= 11 is 0. The van der Waals surface area contributed by atoms with Crippen molar-refractivity contribution in [3.8, 4) is 0 Å². The van der Waals surface area contributed by atoms with Crippen LogP contribution in [-0.4, -0.2) is 32.3 Å². The third kappa shape index (κ3) is 7.46. The van der Waals surface area contributed by atoms with Crippen molar-refractivity contribution in [1.29, 1.82) is 5.41 Å². The molecule has 82 valence electrons. The van der Waals surface area contributed by atoms with Crippen LogP contribution in [0.3, 0.4) is 0 Å². The molecule has 0 aliphatic carbocycles. The van der Waals surface area contributed by atoms with Gasteiger partial charge in [0.25, 0.3) is 0 Å². The Morgan fingerprint density at radius 2 is 2.08 bits per heavy atom. The standard InChI is InChI=1S/C7H15N3O.C2H6.2H2/c1-9-6(4-3-5-8)7(11)10-2;1-2;;/h5-6,8-9H,3-4H2,1-2H3,(H,10,11);1-2H3;2*1H. The average Bonchev–Trinajstić information content (AvgIpc) is 2.21. The molecule has 0 rings (SSSR count). The van der Waals surface area contributed by atoms with Crippen LogP contribution in [0.1, 0.15) is 29.5 Å². The highest BCUT2D eigenvalue weighted by Crippen LogP contribution is 1.93. The van der Waals surface area contributed by atoms with Gasteiger partial charge in [-0.25, -0.2) is 0 Å². The topological polar surface area (TPSA) is 65.0 Å². The number of carbonyl (C=O) groups is 1. The normalized spacial score (nSPS) is 10.8. The van der Waals surface area contributed by atoms with E-state index in [1.807, 2.05) is 13.8 Å². The molecule has 3 N–H and O–H groups in total. The molecule has 0 aromatic rings. The van der Waals surface area contributed by atoms with Gasteiger partial charge >= 0.3 is 0 Å². The summed E-state index contributed by atoms with van der Waals surface area (Å²) in [6, 6.07) is -0.165. The minimum atomic E-state index is -0.165. The van der Waals surface area contributed by atoms with E-state index < -0.39 is 0 Å². The average molecular weight is 191 g/mol. The molecule has 0 bridgehead atoms. The zero-order valence-corrected chi connectivity index (χ0v) is 8.98. The predicted molar refractivity (Wildman–Crippen MR) is 60.5 cm³/mol. The van der Waals surface area contributed by atoms with Crippen molar-refractivity contribution in [2.45, 2.75) is 32.7 Å². The lowest BCUT2D eigenvalue weighted by Gasteiger charge is -2.12. The van der Waals surface area contributed by atoms with Gasteiger partial charge in [-0.15, -0.1) is 0 Å². The van der Waals surface area contributed by atoms with Crippen molar-refractivity contribution >= 4 is 12.1 Å². The number of hydrogen-bond acceptors (Lipinski definition) is 3. The van der Waals surface area contributed by atoms with E-state index in [4.69, 9.17) is 5.41 Å². The molecule has 0 saturated heterocycles. The Morgan fingerprint density at radius 1 is 1.54 bits per heavy atom. The highest BCUT2D eigenvalue weighted by molar-refractivity contribution is 5.81. The fraction of sp³-hybridized carbons (Fsp3) is 0.778. The smallest absolute Gasteiger partial charge is 0.236 e. The summed E-state index contributed by atoms with van der Waals surface area (Å²) in [5.41, 5.74) is 0. The first-order chi connectivity index (χ1) is 6.26. The molecule has 4 heteroatoms. The number of likely N-dealkylation sites (N-methyl/N-ethyl adjacent to an activating group) is 2. The number of nitrogens with one attached hydrogen (secondary N) is 3. The molecular weight excluding hydrogens is 166 g/mol. The summed E-state index contributed by atoms with van der Waals surface area (Å²) in [6.45, 7) is 4.00. The Morgan fingerprint density at radius 3 is 2.38 bits per heavy atom. The van der Waals surface area contributed by atoms with E-state index in [0.717, 1.165) is 0 Å². The van der Waals surface area contributed by atoms with Gasteiger partial charge in [0.15, 0.2) is 0 Å². The number of amides is 1. The summed E-state index contributed by atoms with van der Waals surface area (Å²) in [6.07, 6.45) is 2.63. The van der Waals surface area contributed by atoms with E-state index >= 15 is 0 Å². The van der Waals surface area contributed by atoms with Gasteiger partial charge in [-0.2, -0.15) is 0 Å². The van der Waals surface area contributed by atoms with Crippen molar-refractivity contribution in [1.82, 2.24) is 10.6 Å². The first kappa shape index (κ1) is 14.6. The molecule has 1 atom stereocenters. The first-order valence-electron chi connectivity index (χ1n) is 4.64. The highest BCUT2D eigenvalue weighted by Gasteiger charge is 2.12. The maximum absolute atomic E-state index is 11.0. The largest absolute Gasteiger partial charge is 0.358 e. The van der Waals surface area contributed by atoms with E-state index in [-0.39, 0.29) is 14.8 Å². The molecule has 0 aliphatic heterocycles. The fourth-order valence-corrected chi connectivity index (χ4v) is 0.831. The van der Waals surface area contributed by atoms with Crippen molar-refractivity contribution in [2.24, 2.45) is 0 Å². The molecule has 0 aromatic heterocycles. The van der Waals surface area contributed by atoms with E-state index in [2.05, 4.69) is 10.6 Å². The molecular formula is C9H25N3O. The molecule has 1 amide bonds. The van der Waals surface area contributed by atoms with Crippen molar-refractivity contribution < 1.29 is 7.65 Å².